The Labute approximate surface area is 107 Å². The summed E-state index contributed by atoms with van der Waals surface area (Å²) in [5.74, 6) is 0.667. The number of amides is 1. The normalized spacial score (nSPS) is 14.5. The van der Waals surface area contributed by atoms with Crippen LogP contribution >= 0.6 is 23.5 Å². The fraction of sp³-hybridized carbons (Fsp3) is 0.273. The summed E-state index contributed by atoms with van der Waals surface area (Å²) in [6.07, 6.45) is 0. The van der Waals surface area contributed by atoms with E-state index in [0.29, 0.717) is 10.1 Å². The maximum atomic E-state index is 13.3. The van der Waals surface area contributed by atoms with Crippen LogP contribution in [0.2, 0.25) is 0 Å². The first kappa shape index (κ1) is 12.4. The Balaban J connectivity index is 1.82. The van der Waals surface area contributed by atoms with Crippen molar-refractivity contribution < 1.29 is 9.18 Å². The van der Waals surface area contributed by atoms with Crippen LogP contribution < -0.4 is 5.32 Å². The molecule has 3 nitrogen and oxygen atoms in total. The van der Waals surface area contributed by atoms with Gasteiger partial charge in [-0.2, -0.15) is 0 Å². The predicted octanol–water partition coefficient (Wildman–Crippen LogP) is 2.14. The van der Waals surface area contributed by atoms with Gasteiger partial charge >= 0.3 is 0 Å². The number of carbonyl (C=O) groups excluding carboxylic acids is 1. The van der Waals surface area contributed by atoms with Crippen LogP contribution in [0, 0.1) is 5.82 Å². The molecule has 17 heavy (non-hydrogen) atoms. The number of amidine groups is 1. The van der Waals surface area contributed by atoms with Crippen molar-refractivity contribution in [2.24, 2.45) is 4.99 Å². The number of nitrogens with one attached hydrogen (secondary N) is 1. The van der Waals surface area contributed by atoms with E-state index in [1.165, 1.54) is 29.6 Å². The molecule has 1 aliphatic heterocycles. The van der Waals surface area contributed by atoms with Crippen LogP contribution in [0.15, 0.2) is 34.2 Å². The summed E-state index contributed by atoms with van der Waals surface area (Å²) < 4.78 is 13.3. The molecule has 1 N–H and O–H groups in total. The fourth-order valence-electron chi connectivity index (χ4n) is 1.27. The molecule has 0 saturated carbocycles. The Morgan fingerprint density at radius 2 is 2.35 bits per heavy atom. The average Bonchev–Trinajstić information content (AvgIpc) is 2.81. The molecule has 1 aromatic carbocycles. The SMILES string of the molecule is O=C(CSc1ccccc1F)NC1=NCCS1. The Bertz CT molecular complexity index is 451. The van der Waals surface area contributed by atoms with E-state index < -0.39 is 0 Å². The summed E-state index contributed by atoms with van der Waals surface area (Å²) in [4.78, 5) is 16.1. The molecule has 6 heteroatoms. The number of benzene rings is 1. The van der Waals surface area contributed by atoms with Gasteiger partial charge in [-0.25, -0.2) is 4.39 Å². The van der Waals surface area contributed by atoms with Crippen molar-refractivity contribution >= 4 is 34.6 Å². The number of carbonyl (C=O) groups is 1. The molecular formula is C11H11FN2OS2. The Morgan fingerprint density at radius 3 is 3.06 bits per heavy atom. The molecular weight excluding hydrogens is 259 g/mol. The van der Waals surface area contributed by atoms with E-state index in [0.717, 1.165) is 12.3 Å². The van der Waals surface area contributed by atoms with Gasteiger partial charge in [-0.15, -0.1) is 11.8 Å². The van der Waals surface area contributed by atoms with Crippen molar-refractivity contribution in [3.05, 3.63) is 30.1 Å². The molecule has 1 aromatic rings. The van der Waals surface area contributed by atoms with Gasteiger partial charge < -0.3 is 5.32 Å². The molecule has 0 fully saturated rings. The van der Waals surface area contributed by atoms with Crippen LogP contribution in [-0.2, 0) is 4.79 Å². The Hall–Kier alpha value is -1.01. The van der Waals surface area contributed by atoms with E-state index in [4.69, 9.17) is 0 Å². The number of aliphatic imine (C=N–C) groups is 1. The van der Waals surface area contributed by atoms with Gasteiger partial charge in [0.15, 0.2) is 5.17 Å². The lowest BCUT2D eigenvalue weighted by Gasteiger charge is -2.04. The molecule has 1 heterocycles. The molecule has 90 valence electrons. The van der Waals surface area contributed by atoms with Gasteiger partial charge in [-0.05, 0) is 12.1 Å². The van der Waals surface area contributed by atoms with Crippen molar-refractivity contribution in [2.45, 2.75) is 4.90 Å². The molecule has 0 aromatic heterocycles. The number of halogens is 1. The summed E-state index contributed by atoms with van der Waals surface area (Å²) in [6, 6.07) is 6.43. The van der Waals surface area contributed by atoms with Crippen molar-refractivity contribution in [1.29, 1.82) is 0 Å². The Kier molecular flexibility index (Phi) is 4.44. The first-order chi connectivity index (χ1) is 8.25. The zero-order valence-corrected chi connectivity index (χ0v) is 10.6. The van der Waals surface area contributed by atoms with Crippen LogP contribution in [0.1, 0.15) is 0 Å². The van der Waals surface area contributed by atoms with Gasteiger partial charge in [0.25, 0.3) is 0 Å². The lowest BCUT2D eigenvalue weighted by molar-refractivity contribution is -0.117. The van der Waals surface area contributed by atoms with Gasteiger partial charge in [0.05, 0.1) is 12.3 Å². The van der Waals surface area contributed by atoms with E-state index in [1.54, 1.807) is 18.2 Å². The first-order valence-electron chi connectivity index (χ1n) is 5.10. The third-order valence-electron chi connectivity index (χ3n) is 2.03. The van der Waals surface area contributed by atoms with Crippen LogP contribution in [0.3, 0.4) is 0 Å². The van der Waals surface area contributed by atoms with Crippen molar-refractivity contribution in [1.82, 2.24) is 5.32 Å². The highest BCUT2D eigenvalue weighted by molar-refractivity contribution is 8.14. The van der Waals surface area contributed by atoms with Gasteiger partial charge in [-0.3, -0.25) is 9.79 Å². The molecule has 0 bridgehead atoms. The minimum atomic E-state index is -0.294. The van der Waals surface area contributed by atoms with Crippen LogP contribution in [0.4, 0.5) is 4.39 Å². The quantitative estimate of drug-likeness (QED) is 0.856. The Morgan fingerprint density at radius 1 is 1.53 bits per heavy atom. The smallest absolute Gasteiger partial charge is 0.236 e. The van der Waals surface area contributed by atoms with Crippen molar-refractivity contribution in [3.8, 4) is 0 Å². The molecule has 0 unspecified atom stereocenters. The molecule has 1 aliphatic rings. The summed E-state index contributed by atoms with van der Waals surface area (Å²) in [5.41, 5.74) is 0. The summed E-state index contributed by atoms with van der Waals surface area (Å²) in [5, 5.41) is 3.37. The number of hydrogen-bond donors (Lipinski definition) is 1. The molecule has 0 spiro atoms. The van der Waals surface area contributed by atoms with Crippen LogP contribution in [-0.4, -0.2) is 29.1 Å². The van der Waals surface area contributed by atoms with Crippen LogP contribution in [0.25, 0.3) is 0 Å². The second kappa shape index (κ2) is 6.07. The maximum absolute atomic E-state index is 13.3. The number of hydrogen-bond acceptors (Lipinski definition) is 4. The third-order valence-corrected chi connectivity index (χ3v) is 3.97. The highest BCUT2D eigenvalue weighted by Crippen LogP contribution is 2.20. The number of thioether (sulfide) groups is 2. The maximum Gasteiger partial charge on any atom is 0.236 e. The molecule has 0 aliphatic carbocycles. The highest BCUT2D eigenvalue weighted by atomic mass is 32.2. The van der Waals surface area contributed by atoms with E-state index in [9.17, 15) is 9.18 Å². The molecule has 2 rings (SSSR count). The van der Waals surface area contributed by atoms with E-state index in [2.05, 4.69) is 10.3 Å². The highest BCUT2D eigenvalue weighted by Gasteiger charge is 2.11. The zero-order chi connectivity index (χ0) is 12.1. The van der Waals surface area contributed by atoms with Gasteiger partial charge in [0, 0.05) is 10.6 Å². The van der Waals surface area contributed by atoms with Crippen LogP contribution in [0.5, 0.6) is 0 Å². The number of rotatable bonds is 3. The second-order valence-corrected chi connectivity index (χ2v) is 5.40. The van der Waals surface area contributed by atoms with E-state index >= 15 is 0 Å². The zero-order valence-electron chi connectivity index (χ0n) is 8.98. The summed E-state index contributed by atoms with van der Waals surface area (Å²) >= 11 is 2.72. The standard InChI is InChI=1S/C11H11FN2OS2/c12-8-3-1-2-4-9(8)17-7-10(15)14-11-13-5-6-16-11/h1-4H,5-7H2,(H,13,14,15). The van der Waals surface area contributed by atoms with Gasteiger partial charge in [0.2, 0.25) is 5.91 Å². The number of nitrogens with zero attached hydrogens (tertiary/aromatic N) is 1. The van der Waals surface area contributed by atoms with Gasteiger partial charge in [0.1, 0.15) is 5.82 Å². The van der Waals surface area contributed by atoms with Crippen molar-refractivity contribution in [3.63, 3.8) is 0 Å². The summed E-state index contributed by atoms with van der Waals surface area (Å²) in [7, 11) is 0. The topological polar surface area (TPSA) is 41.5 Å². The molecule has 0 atom stereocenters. The molecule has 0 radical (unpaired) electrons. The van der Waals surface area contributed by atoms with Crippen molar-refractivity contribution in [2.75, 3.05) is 18.1 Å². The first-order valence-corrected chi connectivity index (χ1v) is 7.07. The minimum Gasteiger partial charge on any atom is -0.305 e. The third kappa shape index (κ3) is 3.74. The fourth-order valence-corrected chi connectivity index (χ4v) is 2.76. The van der Waals surface area contributed by atoms with E-state index in [1.807, 2.05) is 0 Å². The predicted molar refractivity (Wildman–Crippen MR) is 70.0 cm³/mol. The largest absolute Gasteiger partial charge is 0.305 e. The second-order valence-electron chi connectivity index (χ2n) is 3.30. The molecule has 1 amide bonds. The monoisotopic (exact) mass is 270 g/mol. The van der Waals surface area contributed by atoms with Gasteiger partial charge in [-0.1, -0.05) is 23.9 Å². The lowest BCUT2D eigenvalue weighted by atomic mass is 10.3. The minimum absolute atomic E-state index is 0.147. The molecule has 0 saturated heterocycles. The van der Waals surface area contributed by atoms with E-state index in [-0.39, 0.29) is 17.5 Å². The lowest BCUT2D eigenvalue weighted by Crippen LogP contribution is -2.28. The summed E-state index contributed by atoms with van der Waals surface area (Å²) in [6.45, 7) is 0.751. The average molecular weight is 270 g/mol.